The van der Waals surface area contributed by atoms with E-state index in [0.717, 1.165) is 17.0 Å². The van der Waals surface area contributed by atoms with Crippen LogP contribution in [0.25, 0.3) is 0 Å². The maximum absolute atomic E-state index is 13.5. The molecule has 2 amide bonds. The highest BCUT2D eigenvalue weighted by Gasteiger charge is 2.47. The maximum Gasteiger partial charge on any atom is 0.573 e. The van der Waals surface area contributed by atoms with Gasteiger partial charge in [-0.15, -0.1) is 13.2 Å². The van der Waals surface area contributed by atoms with Crippen molar-refractivity contribution in [3.05, 3.63) is 59.4 Å². The van der Waals surface area contributed by atoms with Crippen LogP contribution < -0.4 is 10.1 Å². The predicted molar refractivity (Wildman–Crippen MR) is 106 cm³/mol. The molecule has 0 radical (unpaired) electrons. The third kappa shape index (κ3) is 6.42. The topological polar surface area (TPSA) is 95.3 Å². The molecule has 7 nitrogen and oxygen atoms in total. The van der Waals surface area contributed by atoms with Crippen molar-refractivity contribution in [3.8, 4) is 23.7 Å². The first kappa shape index (κ1) is 24.5. The Bertz CT molecular complexity index is 1180. The van der Waals surface area contributed by atoms with Gasteiger partial charge >= 0.3 is 6.36 Å². The summed E-state index contributed by atoms with van der Waals surface area (Å²) < 4.78 is 67.5. The zero-order chi connectivity index (χ0) is 24.9. The minimum absolute atomic E-state index is 0.0379. The van der Waals surface area contributed by atoms with Crippen LogP contribution in [-0.4, -0.2) is 53.1 Å². The first-order valence-electron chi connectivity index (χ1n) is 9.64. The van der Waals surface area contributed by atoms with E-state index in [2.05, 4.69) is 26.9 Å². The van der Waals surface area contributed by atoms with Crippen molar-refractivity contribution in [2.24, 2.45) is 0 Å². The third-order valence-electron chi connectivity index (χ3n) is 4.63. The van der Waals surface area contributed by atoms with Gasteiger partial charge in [0.15, 0.2) is 0 Å². The number of nitrogens with one attached hydrogen (secondary N) is 1. The van der Waals surface area contributed by atoms with E-state index in [1.54, 1.807) is 6.07 Å². The van der Waals surface area contributed by atoms with E-state index in [0.29, 0.717) is 5.56 Å². The van der Waals surface area contributed by atoms with Crippen LogP contribution in [0.5, 0.6) is 5.75 Å². The van der Waals surface area contributed by atoms with Crippen LogP contribution in [0.15, 0.2) is 42.7 Å². The van der Waals surface area contributed by atoms with Crippen LogP contribution in [-0.2, 0) is 4.79 Å². The number of amides is 2. The highest BCUT2D eigenvalue weighted by atomic mass is 19.4. The number of carbonyl (C=O) groups excluding carboxylic acids is 2. The first-order chi connectivity index (χ1) is 16.0. The molecule has 12 heteroatoms. The molecule has 1 aromatic carbocycles. The monoisotopic (exact) mass is 478 g/mol. The summed E-state index contributed by atoms with van der Waals surface area (Å²) in [6, 6.07) is 6.43. The Morgan fingerprint density at radius 3 is 2.56 bits per heavy atom. The molecule has 2 aromatic rings. The molecule has 3 rings (SSSR count). The van der Waals surface area contributed by atoms with E-state index in [9.17, 15) is 31.5 Å². The Labute approximate surface area is 190 Å². The Morgan fingerprint density at radius 1 is 1.21 bits per heavy atom. The second-order valence-corrected chi connectivity index (χ2v) is 7.15. The molecule has 1 saturated heterocycles. The second-order valence-electron chi connectivity index (χ2n) is 7.15. The van der Waals surface area contributed by atoms with Crippen molar-refractivity contribution in [1.82, 2.24) is 15.2 Å². The van der Waals surface area contributed by atoms with Gasteiger partial charge in [-0.2, -0.15) is 5.26 Å². The predicted octanol–water partition coefficient (Wildman–Crippen LogP) is 2.87. The van der Waals surface area contributed by atoms with E-state index in [4.69, 9.17) is 5.26 Å². The number of likely N-dealkylation sites (tertiary alicyclic amines) is 1. The molecule has 0 unspecified atom stereocenters. The summed E-state index contributed by atoms with van der Waals surface area (Å²) in [4.78, 5) is 29.4. The van der Waals surface area contributed by atoms with Gasteiger partial charge in [0.2, 0.25) is 5.91 Å². The Hall–Kier alpha value is -4.19. The van der Waals surface area contributed by atoms with Gasteiger partial charge < -0.3 is 15.0 Å². The zero-order valence-electron chi connectivity index (χ0n) is 17.2. The molecular formula is C22H15F5N4O3. The van der Waals surface area contributed by atoms with Gasteiger partial charge in [0.1, 0.15) is 11.8 Å². The van der Waals surface area contributed by atoms with E-state index in [1.807, 2.05) is 0 Å². The van der Waals surface area contributed by atoms with E-state index >= 15 is 0 Å². The SMILES string of the molecule is N#C[C@@H]1CC(F)(F)CN1C(=O)CNC(=O)c1ccncc1C#Cc1ccc(OC(F)(F)F)cc1. The summed E-state index contributed by atoms with van der Waals surface area (Å²) in [5.74, 6) is 0.196. The fraction of sp³-hybridized carbons (Fsp3) is 0.273. The van der Waals surface area contributed by atoms with Crippen LogP contribution in [0.3, 0.4) is 0 Å². The summed E-state index contributed by atoms with van der Waals surface area (Å²) >= 11 is 0. The van der Waals surface area contributed by atoms with Crippen molar-refractivity contribution in [1.29, 1.82) is 5.26 Å². The average molecular weight is 478 g/mol. The lowest BCUT2D eigenvalue weighted by atomic mass is 10.1. The quantitative estimate of drug-likeness (QED) is 0.539. The molecule has 34 heavy (non-hydrogen) atoms. The average Bonchev–Trinajstić information content (AvgIpc) is 3.10. The highest BCUT2D eigenvalue weighted by molar-refractivity contribution is 5.98. The standard InChI is InChI=1S/C22H15F5N4O3/c23-21(24)9-16(10-28)31(13-21)19(32)12-30-20(33)18-7-8-29-11-15(18)4-1-14-2-5-17(6-3-14)34-22(25,26)27/h2-3,5-8,11,16H,9,12-13H2,(H,30,33)/t16-/m0/s1. The molecule has 1 aliphatic rings. The van der Waals surface area contributed by atoms with Crippen molar-refractivity contribution >= 4 is 11.8 Å². The van der Waals surface area contributed by atoms with Crippen LogP contribution in [0.2, 0.25) is 0 Å². The van der Waals surface area contributed by atoms with Crippen LogP contribution in [0.4, 0.5) is 22.0 Å². The summed E-state index contributed by atoms with van der Waals surface area (Å²) in [6.45, 7) is -1.51. The van der Waals surface area contributed by atoms with Gasteiger partial charge in [-0.3, -0.25) is 14.6 Å². The molecule has 176 valence electrons. The Kier molecular flexibility index (Phi) is 7.01. The van der Waals surface area contributed by atoms with Crippen molar-refractivity contribution < 1.29 is 36.3 Å². The highest BCUT2D eigenvalue weighted by Crippen LogP contribution is 2.31. The normalized spacial score (nSPS) is 16.7. The lowest BCUT2D eigenvalue weighted by Gasteiger charge is -2.19. The summed E-state index contributed by atoms with van der Waals surface area (Å²) in [5, 5.41) is 11.3. The lowest BCUT2D eigenvalue weighted by Crippen LogP contribution is -2.43. The number of alkyl halides is 5. The largest absolute Gasteiger partial charge is 0.573 e. The fourth-order valence-electron chi connectivity index (χ4n) is 3.12. The van der Waals surface area contributed by atoms with Gasteiger partial charge in [0.25, 0.3) is 11.8 Å². The molecule has 2 heterocycles. The molecule has 1 atom stereocenters. The van der Waals surface area contributed by atoms with Gasteiger partial charge in [-0.05, 0) is 30.3 Å². The van der Waals surface area contributed by atoms with E-state index in [-0.39, 0.29) is 11.1 Å². The summed E-state index contributed by atoms with van der Waals surface area (Å²) in [5.41, 5.74) is 0.527. The number of rotatable bonds is 4. The van der Waals surface area contributed by atoms with E-state index < -0.39 is 55.4 Å². The summed E-state index contributed by atoms with van der Waals surface area (Å²) in [6.07, 6.45) is -3.01. The Balaban J connectivity index is 1.67. The van der Waals surface area contributed by atoms with Crippen LogP contribution in [0.1, 0.15) is 27.9 Å². The summed E-state index contributed by atoms with van der Waals surface area (Å²) in [7, 11) is 0. The Morgan fingerprint density at radius 2 is 1.91 bits per heavy atom. The molecule has 1 fully saturated rings. The number of hydrogen-bond acceptors (Lipinski definition) is 5. The number of pyridine rings is 1. The minimum Gasteiger partial charge on any atom is -0.406 e. The minimum atomic E-state index is -4.82. The van der Waals surface area contributed by atoms with Gasteiger partial charge in [-0.1, -0.05) is 11.8 Å². The molecule has 0 aliphatic carbocycles. The number of benzene rings is 1. The number of halogens is 5. The maximum atomic E-state index is 13.5. The van der Waals surface area contributed by atoms with Crippen molar-refractivity contribution in [2.45, 2.75) is 24.7 Å². The number of nitrogens with zero attached hydrogens (tertiary/aromatic N) is 3. The van der Waals surface area contributed by atoms with Crippen LogP contribution in [0, 0.1) is 23.2 Å². The molecule has 1 aromatic heterocycles. The lowest BCUT2D eigenvalue weighted by molar-refractivity contribution is -0.274. The van der Waals surface area contributed by atoms with Crippen LogP contribution >= 0.6 is 0 Å². The number of carbonyl (C=O) groups is 2. The molecule has 0 bridgehead atoms. The van der Waals surface area contributed by atoms with Gasteiger partial charge in [-0.25, -0.2) is 8.78 Å². The molecule has 0 saturated carbocycles. The molecule has 0 spiro atoms. The number of hydrogen-bond donors (Lipinski definition) is 1. The molecule has 1 N–H and O–H groups in total. The number of nitriles is 1. The van der Waals surface area contributed by atoms with E-state index in [1.165, 1.54) is 30.6 Å². The zero-order valence-corrected chi connectivity index (χ0v) is 17.2. The number of aromatic nitrogens is 1. The smallest absolute Gasteiger partial charge is 0.406 e. The van der Waals surface area contributed by atoms with Gasteiger partial charge in [0.05, 0.1) is 30.3 Å². The molecular weight excluding hydrogens is 463 g/mol. The fourth-order valence-corrected chi connectivity index (χ4v) is 3.12. The second kappa shape index (κ2) is 9.75. The van der Waals surface area contributed by atoms with Crippen molar-refractivity contribution in [3.63, 3.8) is 0 Å². The van der Waals surface area contributed by atoms with Crippen molar-refractivity contribution in [2.75, 3.05) is 13.1 Å². The molecule has 1 aliphatic heterocycles. The number of ether oxygens (including phenoxy) is 1. The van der Waals surface area contributed by atoms with Gasteiger partial charge in [0, 0.05) is 24.4 Å². The third-order valence-corrected chi connectivity index (χ3v) is 4.63. The first-order valence-corrected chi connectivity index (χ1v) is 9.64.